The van der Waals surface area contributed by atoms with E-state index in [0.29, 0.717) is 0 Å². The second kappa shape index (κ2) is 6.40. The first-order chi connectivity index (χ1) is 11.9. The van der Waals surface area contributed by atoms with E-state index in [-0.39, 0.29) is 11.8 Å². The molecule has 0 N–H and O–H groups in total. The van der Waals surface area contributed by atoms with E-state index in [4.69, 9.17) is 9.15 Å². The predicted octanol–water partition coefficient (Wildman–Crippen LogP) is 5.49. The van der Waals surface area contributed by atoms with Gasteiger partial charge in [0, 0.05) is 23.8 Å². The molecule has 2 aliphatic carbocycles. The summed E-state index contributed by atoms with van der Waals surface area (Å²) in [5.74, 6) is 2.59. The van der Waals surface area contributed by atoms with Gasteiger partial charge in [-0.3, -0.25) is 0 Å². The first-order valence-electron chi connectivity index (χ1n) is 8.29. The van der Waals surface area contributed by atoms with E-state index in [9.17, 15) is 0 Å². The van der Waals surface area contributed by atoms with Gasteiger partial charge in [-0.2, -0.15) is 0 Å². The van der Waals surface area contributed by atoms with Crippen LogP contribution in [-0.2, 0) is 4.74 Å². The van der Waals surface area contributed by atoms with Crippen LogP contribution in [0.25, 0.3) is 6.08 Å². The summed E-state index contributed by atoms with van der Waals surface area (Å²) in [4.78, 5) is 0. The van der Waals surface area contributed by atoms with Gasteiger partial charge in [0.15, 0.2) is 0 Å². The number of benzene rings is 1. The van der Waals surface area contributed by atoms with Gasteiger partial charge in [-0.25, -0.2) is 0 Å². The highest BCUT2D eigenvalue weighted by molar-refractivity contribution is 5.58. The normalized spacial score (nSPS) is 22.8. The standard InChI is InChI=1S/C22H20O2/c1-23-22-15-20(21-11-6-14-24-21)18(17-9-5-10-19(17)22)13-12-16-7-3-2-4-8-16/h2-14,18,20H,15H2,1H3/b13-12+. The molecule has 120 valence electrons. The first kappa shape index (κ1) is 14.8. The molecular weight excluding hydrogens is 296 g/mol. The Hall–Kier alpha value is -2.74. The van der Waals surface area contributed by atoms with Crippen LogP contribution in [0.15, 0.2) is 94.4 Å². The van der Waals surface area contributed by atoms with Crippen LogP contribution in [0.2, 0.25) is 0 Å². The molecule has 2 unspecified atom stereocenters. The average Bonchev–Trinajstić information content (AvgIpc) is 3.31. The lowest BCUT2D eigenvalue weighted by Crippen LogP contribution is -2.20. The molecule has 2 aromatic rings. The molecule has 1 aromatic carbocycles. The zero-order valence-electron chi connectivity index (χ0n) is 13.7. The monoisotopic (exact) mass is 316 g/mol. The lowest BCUT2D eigenvalue weighted by Gasteiger charge is -2.31. The van der Waals surface area contributed by atoms with Gasteiger partial charge >= 0.3 is 0 Å². The molecule has 0 aliphatic heterocycles. The molecule has 0 spiro atoms. The summed E-state index contributed by atoms with van der Waals surface area (Å²) in [6, 6.07) is 14.4. The van der Waals surface area contributed by atoms with Gasteiger partial charge in [0.1, 0.15) is 11.5 Å². The van der Waals surface area contributed by atoms with Crippen LogP contribution in [0.3, 0.4) is 0 Å². The maximum Gasteiger partial charge on any atom is 0.108 e. The van der Waals surface area contributed by atoms with Crippen molar-refractivity contribution in [3.05, 3.63) is 101 Å². The third kappa shape index (κ3) is 2.65. The van der Waals surface area contributed by atoms with Crippen molar-refractivity contribution in [1.29, 1.82) is 0 Å². The lowest BCUT2D eigenvalue weighted by molar-refractivity contribution is 0.248. The molecule has 1 heterocycles. The Balaban J connectivity index is 1.73. The predicted molar refractivity (Wildman–Crippen MR) is 96.3 cm³/mol. The van der Waals surface area contributed by atoms with Crippen molar-refractivity contribution in [2.75, 3.05) is 7.11 Å². The Morgan fingerprint density at radius 2 is 2.00 bits per heavy atom. The molecule has 0 fully saturated rings. The molecule has 24 heavy (non-hydrogen) atoms. The third-order valence-electron chi connectivity index (χ3n) is 4.80. The Morgan fingerprint density at radius 1 is 1.12 bits per heavy atom. The maximum absolute atomic E-state index is 5.74. The molecule has 1 aromatic heterocycles. The van der Waals surface area contributed by atoms with Crippen LogP contribution < -0.4 is 0 Å². The number of ether oxygens (including phenoxy) is 1. The van der Waals surface area contributed by atoms with E-state index in [1.165, 1.54) is 16.7 Å². The summed E-state index contributed by atoms with van der Waals surface area (Å²) in [5.41, 5.74) is 3.75. The van der Waals surface area contributed by atoms with Gasteiger partial charge in [-0.05, 0) is 23.3 Å². The molecule has 2 atom stereocenters. The van der Waals surface area contributed by atoms with Crippen molar-refractivity contribution in [3.8, 4) is 0 Å². The van der Waals surface area contributed by atoms with Crippen LogP contribution in [0.1, 0.15) is 23.7 Å². The smallest absolute Gasteiger partial charge is 0.108 e. The van der Waals surface area contributed by atoms with Gasteiger partial charge < -0.3 is 9.15 Å². The Kier molecular flexibility index (Phi) is 3.96. The Bertz CT molecular complexity index is 820. The summed E-state index contributed by atoms with van der Waals surface area (Å²) in [7, 11) is 1.76. The molecule has 0 amide bonds. The largest absolute Gasteiger partial charge is 0.500 e. The van der Waals surface area contributed by atoms with E-state index >= 15 is 0 Å². The number of methoxy groups -OCH3 is 1. The van der Waals surface area contributed by atoms with Crippen LogP contribution in [0.5, 0.6) is 0 Å². The molecule has 0 saturated heterocycles. The molecule has 4 rings (SSSR count). The zero-order chi connectivity index (χ0) is 16.4. The minimum absolute atomic E-state index is 0.254. The number of rotatable bonds is 4. The number of hydrogen-bond donors (Lipinski definition) is 0. The van der Waals surface area contributed by atoms with Crippen LogP contribution in [-0.4, -0.2) is 7.11 Å². The van der Waals surface area contributed by atoms with Crippen LogP contribution >= 0.6 is 0 Å². The van der Waals surface area contributed by atoms with Crippen molar-refractivity contribution >= 4 is 6.08 Å². The second-order valence-corrected chi connectivity index (χ2v) is 6.14. The Morgan fingerprint density at radius 3 is 2.75 bits per heavy atom. The van der Waals surface area contributed by atoms with Gasteiger partial charge in [-0.15, -0.1) is 0 Å². The van der Waals surface area contributed by atoms with Crippen molar-refractivity contribution in [3.63, 3.8) is 0 Å². The number of fused-ring (bicyclic) bond motifs is 1. The van der Waals surface area contributed by atoms with E-state index in [1.807, 2.05) is 12.1 Å². The molecule has 2 aliphatic rings. The highest BCUT2D eigenvalue weighted by Crippen LogP contribution is 2.47. The molecule has 0 radical (unpaired) electrons. The van der Waals surface area contributed by atoms with Crippen molar-refractivity contribution in [2.24, 2.45) is 5.92 Å². The molecule has 0 saturated carbocycles. The summed E-state index contributed by atoms with van der Waals surface area (Å²) >= 11 is 0. The summed E-state index contributed by atoms with van der Waals surface area (Å²) in [6.07, 6.45) is 13.6. The molecule has 2 nitrogen and oxygen atoms in total. The van der Waals surface area contributed by atoms with Crippen molar-refractivity contribution in [2.45, 2.75) is 12.3 Å². The number of allylic oxidation sites excluding steroid dienone is 7. The molecule has 2 heteroatoms. The third-order valence-corrected chi connectivity index (χ3v) is 4.80. The minimum atomic E-state index is 0.254. The van der Waals surface area contributed by atoms with Crippen molar-refractivity contribution < 1.29 is 9.15 Å². The average molecular weight is 316 g/mol. The summed E-state index contributed by atoms with van der Waals surface area (Å²) < 4.78 is 11.4. The van der Waals surface area contributed by atoms with E-state index in [0.717, 1.165) is 17.9 Å². The summed E-state index contributed by atoms with van der Waals surface area (Å²) in [5, 5.41) is 0. The fourth-order valence-corrected chi connectivity index (χ4v) is 3.62. The van der Waals surface area contributed by atoms with Crippen molar-refractivity contribution in [1.82, 2.24) is 0 Å². The zero-order valence-corrected chi connectivity index (χ0v) is 13.7. The van der Waals surface area contributed by atoms with E-state index < -0.39 is 0 Å². The quantitative estimate of drug-likeness (QED) is 0.744. The SMILES string of the molecule is COC1=C2C=CC=C2C(/C=C/c2ccccc2)C(c2ccco2)C1. The molecule has 0 bridgehead atoms. The highest BCUT2D eigenvalue weighted by Gasteiger charge is 2.35. The topological polar surface area (TPSA) is 22.4 Å². The summed E-state index contributed by atoms with van der Waals surface area (Å²) in [6.45, 7) is 0. The van der Waals surface area contributed by atoms with E-state index in [1.54, 1.807) is 13.4 Å². The van der Waals surface area contributed by atoms with Gasteiger partial charge in [0.25, 0.3) is 0 Å². The first-order valence-corrected chi connectivity index (χ1v) is 8.29. The second-order valence-electron chi connectivity index (χ2n) is 6.14. The minimum Gasteiger partial charge on any atom is -0.500 e. The fraction of sp³-hybridized carbons (Fsp3) is 0.182. The number of furan rings is 1. The fourth-order valence-electron chi connectivity index (χ4n) is 3.62. The van der Waals surface area contributed by atoms with Gasteiger partial charge in [-0.1, -0.05) is 60.7 Å². The highest BCUT2D eigenvalue weighted by atomic mass is 16.5. The van der Waals surface area contributed by atoms with Crippen LogP contribution in [0, 0.1) is 5.92 Å². The van der Waals surface area contributed by atoms with E-state index in [2.05, 4.69) is 60.7 Å². The van der Waals surface area contributed by atoms with Gasteiger partial charge in [0.05, 0.1) is 13.4 Å². The van der Waals surface area contributed by atoms with Crippen LogP contribution in [0.4, 0.5) is 0 Å². The maximum atomic E-state index is 5.74. The molecular formula is C22H20O2. The number of hydrogen-bond acceptors (Lipinski definition) is 2. The lowest BCUT2D eigenvalue weighted by atomic mass is 9.74. The Labute approximate surface area is 142 Å². The van der Waals surface area contributed by atoms with Gasteiger partial charge in [0.2, 0.25) is 0 Å².